The van der Waals surface area contributed by atoms with Crippen LogP contribution in [0.4, 0.5) is 23.5 Å². The van der Waals surface area contributed by atoms with Gasteiger partial charge in [0.25, 0.3) is 0 Å². The highest BCUT2D eigenvalue weighted by Crippen LogP contribution is 2.16. The Hall–Kier alpha value is -2.42. The molecular formula is C11H19N9. The lowest BCUT2D eigenvalue weighted by Gasteiger charge is -2.19. The van der Waals surface area contributed by atoms with Gasteiger partial charge in [0.1, 0.15) is 0 Å². The van der Waals surface area contributed by atoms with E-state index in [4.69, 9.17) is 5.84 Å². The van der Waals surface area contributed by atoms with Crippen molar-refractivity contribution in [3.05, 3.63) is 12.4 Å². The maximum absolute atomic E-state index is 5.40. The zero-order chi connectivity index (χ0) is 14.5. The van der Waals surface area contributed by atoms with Crippen LogP contribution in [-0.4, -0.2) is 37.8 Å². The molecule has 0 saturated heterocycles. The second-order valence-corrected chi connectivity index (χ2v) is 4.13. The Bertz CT molecular complexity index is 561. The number of hydrazine groups is 1. The van der Waals surface area contributed by atoms with E-state index in [1.807, 2.05) is 32.0 Å². The van der Waals surface area contributed by atoms with Crippen LogP contribution in [-0.2, 0) is 7.05 Å². The summed E-state index contributed by atoms with van der Waals surface area (Å²) in [5, 5.41) is 7.15. The minimum Gasteiger partial charge on any atom is -0.341 e. The molecule has 0 aliphatic carbocycles. The second-order valence-electron chi connectivity index (χ2n) is 4.13. The maximum atomic E-state index is 5.40. The Balaban J connectivity index is 2.29. The third-order valence-corrected chi connectivity index (χ3v) is 2.76. The van der Waals surface area contributed by atoms with Gasteiger partial charge in [-0.05, 0) is 13.8 Å². The van der Waals surface area contributed by atoms with Crippen LogP contribution in [0.1, 0.15) is 13.8 Å². The Morgan fingerprint density at radius 1 is 1.20 bits per heavy atom. The SMILES string of the molecule is CCN(CC)c1nc(NN)nc(Nc2cnn(C)c2)n1. The molecule has 2 aromatic heterocycles. The lowest BCUT2D eigenvalue weighted by atomic mass is 10.5. The molecule has 9 heteroatoms. The zero-order valence-corrected chi connectivity index (χ0v) is 11.8. The number of rotatable bonds is 6. The summed E-state index contributed by atoms with van der Waals surface area (Å²) in [5.41, 5.74) is 3.25. The summed E-state index contributed by atoms with van der Waals surface area (Å²) in [6.45, 7) is 5.68. The first-order valence-electron chi connectivity index (χ1n) is 6.39. The van der Waals surface area contributed by atoms with Crippen molar-refractivity contribution in [2.24, 2.45) is 12.9 Å². The van der Waals surface area contributed by atoms with E-state index in [1.54, 1.807) is 10.9 Å². The second kappa shape index (κ2) is 6.15. The van der Waals surface area contributed by atoms with Crippen molar-refractivity contribution < 1.29 is 0 Å². The molecule has 0 atom stereocenters. The molecule has 108 valence electrons. The fourth-order valence-electron chi connectivity index (χ4n) is 1.75. The molecule has 9 nitrogen and oxygen atoms in total. The predicted octanol–water partition coefficient (Wildman–Crippen LogP) is 0.480. The Morgan fingerprint density at radius 3 is 2.45 bits per heavy atom. The number of nitrogens with one attached hydrogen (secondary N) is 2. The molecule has 2 heterocycles. The lowest BCUT2D eigenvalue weighted by Crippen LogP contribution is -2.25. The molecule has 0 aromatic carbocycles. The fraction of sp³-hybridized carbons (Fsp3) is 0.455. The summed E-state index contributed by atoms with van der Waals surface area (Å²) in [4.78, 5) is 14.8. The maximum Gasteiger partial charge on any atom is 0.243 e. The van der Waals surface area contributed by atoms with E-state index in [9.17, 15) is 0 Å². The first-order chi connectivity index (χ1) is 9.66. The molecule has 0 bridgehead atoms. The van der Waals surface area contributed by atoms with E-state index >= 15 is 0 Å². The van der Waals surface area contributed by atoms with E-state index in [0.717, 1.165) is 18.8 Å². The van der Waals surface area contributed by atoms with E-state index in [1.165, 1.54) is 0 Å². The van der Waals surface area contributed by atoms with Crippen LogP contribution >= 0.6 is 0 Å². The summed E-state index contributed by atoms with van der Waals surface area (Å²) < 4.78 is 1.69. The smallest absolute Gasteiger partial charge is 0.243 e. The first kappa shape index (κ1) is 14.0. The average Bonchev–Trinajstić information content (AvgIpc) is 2.85. The van der Waals surface area contributed by atoms with Crippen LogP contribution in [0.2, 0.25) is 0 Å². The van der Waals surface area contributed by atoms with Gasteiger partial charge in [0.05, 0.1) is 11.9 Å². The number of nitrogens with zero attached hydrogens (tertiary/aromatic N) is 6. The minimum atomic E-state index is 0.313. The van der Waals surface area contributed by atoms with Crippen molar-refractivity contribution in [2.45, 2.75) is 13.8 Å². The highest BCUT2D eigenvalue weighted by Gasteiger charge is 2.11. The monoisotopic (exact) mass is 277 g/mol. The Morgan fingerprint density at radius 2 is 1.90 bits per heavy atom. The number of nitrogens with two attached hydrogens (primary N) is 1. The molecule has 0 aliphatic rings. The molecule has 4 N–H and O–H groups in total. The standard InChI is InChI=1S/C11H19N9/c1-4-20(5-2)11-16-9(15-10(17-11)18-12)14-8-6-13-19(3)7-8/h6-7H,4-5,12H2,1-3H3,(H2,14,15,16,17,18). The minimum absolute atomic E-state index is 0.313. The summed E-state index contributed by atoms with van der Waals surface area (Å²) in [5.74, 6) is 6.71. The van der Waals surface area contributed by atoms with Crippen LogP contribution in [0.15, 0.2) is 12.4 Å². The van der Waals surface area contributed by atoms with E-state index in [2.05, 4.69) is 30.8 Å². The normalized spacial score (nSPS) is 10.4. The predicted molar refractivity (Wildman–Crippen MR) is 77.7 cm³/mol. The van der Waals surface area contributed by atoms with E-state index in [0.29, 0.717) is 17.8 Å². The quantitative estimate of drug-likeness (QED) is 0.516. The van der Waals surface area contributed by atoms with Crippen LogP contribution in [0.25, 0.3) is 0 Å². The van der Waals surface area contributed by atoms with Gasteiger partial charge < -0.3 is 10.2 Å². The fourth-order valence-corrected chi connectivity index (χ4v) is 1.75. The summed E-state index contributed by atoms with van der Waals surface area (Å²) in [6, 6.07) is 0. The van der Waals surface area contributed by atoms with Gasteiger partial charge in [-0.25, -0.2) is 5.84 Å². The molecule has 0 fully saturated rings. The van der Waals surface area contributed by atoms with Crippen LogP contribution < -0.4 is 21.5 Å². The summed E-state index contributed by atoms with van der Waals surface area (Å²) in [7, 11) is 1.84. The average molecular weight is 277 g/mol. The van der Waals surface area contributed by atoms with Gasteiger partial charge in [-0.1, -0.05) is 0 Å². The van der Waals surface area contributed by atoms with Crippen molar-refractivity contribution in [2.75, 3.05) is 28.7 Å². The molecule has 0 unspecified atom stereocenters. The van der Waals surface area contributed by atoms with Gasteiger partial charge in [-0.3, -0.25) is 10.1 Å². The van der Waals surface area contributed by atoms with E-state index < -0.39 is 0 Å². The van der Waals surface area contributed by atoms with Crippen molar-refractivity contribution >= 4 is 23.5 Å². The van der Waals surface area contributed by atoms with Crippen LogP contribution in [0.3, 0.4) is 0 Å². The van der Waals surface area contributed by atoms with E-state index in [-0.39, 0.29) is 0 Å². The number of hydrogen-bond donors (Lipinski definition) is 3. The Labute approximate surface area is 117 Å². The lowest BCUT2D eigenvalue weighted by molar-refractivity contribution is 0.768. The highest BCUT2D eigenvalue weighted by molar-refractivity contribution is 5.53. The largest absolute Gasteiger partial charge is 0.341 e. The molecule has 20 heavy (non-hydrogen) atoms. The van der Waals surface area contributed by atoms with Gasteiger partial charge >= 0.3 is 0 Å². The van der Waals surface area contributed by atoms with Crippen LogP contribution in [0, 0.1) is 0 Å². The number of anilines is 4. The van der Waals surface area contributed by atoms with Gasteiger partial charge in [-0.2, -0.15) is 20.1 Å². The molecule has 0 amide bonds. The molecule has 0 spiro atoms. The van der Waals surface area contributed by atoms with Gasteiger partial charge in [0.15, 0.2) is 0 Å². The number of aromatic nitrogens is 5. The molecule has 0 radical (unpaired) electrons. The molecule has 0 aliphatic heterocycles. The molecule has 0 saturated carbocycles. The molecule has 2 aromatic rings. The summed E-state index contributed by atoms with van der Waals surface area (Å²) >= 11 is 0. The number of nitrogen functional groups attached to an aromatic ring is 1. The van der Waals surface area contributed by atoms with Gasteiger partial charge in [0, 0.05) is 26.3 Å². The highest BCUT2D eigenvalue weighted by atomic mass is 15.4. The number of hydrogen-bond acceptors (Lipinski definition) is 8. The third-order valence-electron chi connectivity index (χ3n) is 2.76. The van der Waals surface area contributed by atoms with Crippen molar-refractivity contribution in [1.82, 2.24) is 24.7 Å². The Kier molecular flexibility index (Phi) is 4.31. The van der Waals surface area contributed by atoms with Crippen molar-refractivity contribution in [3.63, 3.8) is 0 Å². The van der Waals surface area contributed by atoms with Crippen molar-refractivity contribution in [3.8, 4) is 0 Å². The molecular weight excluding hydrogens is 258 g/mol. The van der Waals surface area contributed by atoms with Gasteiger partial charge in [0.2, 0.25) is 17.8 Å². The van der Waals surface area contributed by atoms with Crippen molar-refractivity contribution in [1.29, 1.82) is 0 Å². The molecule has 2 rings (SSSR count). The van der Waals surface area contributed by atoms with Crippen LogP contribution in [0.5, 0.6) is 0 Å². The topological polar surface area (TPSA) is 110 Å². The first-order valence-corrected chi connectivity index (χ1v) is 6.39. The number of aryl methyl sites for hydroxylation is 1. The zero-order valence-electron chi connectivity index (χ0n) is 11.8. The van der Waals surface area contributed by atoms with Gasteiger partial charge in [-0.15, -0.1) is 0 Å². The summed E-state index contributed by atoms with van der Waals surface area (Å²) in [6.07, 6.45) is 3.52. The third kappa shape index (κ3) is 3.12.